The average Bonchev–Trinajstić information content (AvgIpc) is 3.09. The number of benzene rings is 6. The van der Waals surface area contributed by atoms with E-state index in [-0.39, 0.29) is 0 Å². The summed E-state index contributed by atoms with van der Waals surface area (Å²) in [5, 5.41) is 0. The van der Waals surface area contributed by atoms with E-state index in [2.05, 4.69) is 225 Å². The molecule has 0 saturated heterocycles. The summed E-state index contributed by atoms with van der Waals surface area (Å²) in [6.45, 7) is 23.1. The fourth-order valence-corrected chi connectivity index (χ4v) is 6.00. The molecule has 0 aliphatic rings. The first-order chi connectivity index (χ1) is 25.3. The van der Waals surface area contributed by atoms with Crippen molar-refractivity contribution in [1.29, 1.82) is 0 Å². The zero-order valence-electron chi connectivity index (χ0n) is 33.8. The first-order valence-electron chi connectivity index (χ1n) is 17.9. The fraction of sp³-hybridized carbons (Fsp3) is 0.250. The molecule has 0 aliphatic carbocycles. The highest BCUT2D eigenvalue weighted by Crippen LogP contribution is 2.17. The minimum absolute atomic E-state index is 0.619. The lowest BCUT2D eigenvalue weighted by molar-refractivity contribution is 0.865. The molecule has 6 aromatic rings. The second-order valence-electron chi connectivity index (χ2n) is 13.8. The topological polar surface area (TPSA) is 0 Å². The Balaban J connectivity index is 0.000000324. The van der Waals surface area contributed by atoms with Crippen LogP contribution in [-0.2, 0) is 0 Å². The first-order valence-corrected chi connectivity index (χ1v) is 20.6. The van der Waals surface area contributed by atoms with Crippen LogP contribution in [0, 0.1) is 62.3 Å². The van der Waals surface area contributed by atoms with Crippen molar-refractivity contribution in [2.75, 3.05) is 0 Å². The molecule has 6 rings (SSSR count). The molecular weight excluding hydrogens is 769 g/mol. The highest BCUT2D eigenvalue weighted by molar-refractivity contribution is 7.81. The second-order valence-corrected chi connectivity index (χ2v) is 16.8. The molecule has 0 heterocycles. The maximum absolute atomic E-state index is 4.27. The van der Waals surface area contributed by atoms with E-state index in [1.165, 1.54) is 55.6 Å². The standard InChI is InChI=1S/C9H12S.4C8H10S.C7H8S/c1-7(2)8-3-5-9(10)6-4-8;1-6-3-7(2)5-8(9)4-6;1-6-3-4-8(9)5-7(6)2;1-6-3-4-8(9)7(2)5-6;1-6-3-4-7(2)8(9)5-6;1-6-2-4-7(8)5-3-6/h3-7,10H,1-2H3;4*3-5,9H,1-2H3;2-5,8H,1H3. The minimum atomic E-state index is 0.619. The van der Waals surface area contributed by atoms with Crippen LogP contribution in [0.3, 0.4) is 0 Å². The summed E-state index contributed by atoms with van der Waals surface area (Å²) < 4.78 is 0. The lowest BCUT2D eigenvalue weighted by Crippen LogP contribution is -1.84. The molecule has 6 aromatic carbocycles. The quantitative estimate of drug-likeness (QED) is 0.0874. The average molecular weight is 829 g/mol. The normalized spacial score (nSPS) is 9.74. The van der Waals surface area contributed by atoms with E-state index in [1.807, 2.05) is 48.5 Å². The van der Waals surface area contributed by atoms with Gasteiger partial charge in [0.25, 0.3) is 0 Å². The van der Waals surface area contributed by atoms with Gasteiger partial charge in [0.1, 0.15) is 0 Å². The molecule has 54 heavy (non-hydrogen) atoms. The molecule has 0 bridgehead atoms. The summed E-state index contributed by atoms with van der Waals surface area (Å²) in [7, 11) is 0. The van der Waals surface area contributed by atoms with Crippen molar-refractivity contribution >= 4 is 75.8 Å². The highest BCUT2D eigenvalue weighted by Gasteiger charge is 1.96. The van der Waals surface area contributed by atoms with Crippen molar-refractivity contribution in [3.8, 4) is 0 Å². The van der Waals surface area contributed by atoms with Gasteiger partial charge in [-0.15, -0.1) is 75.8 Å². The molecule has 0 amide bonds. The molecule has 0 fully saturated rings. The lowest BCUT2D eigenvalue weighted by Gasteiger charge is -2.03. The largest absolute Gasteiger partial charge is 0.143 e. The van der Waals surface area contributed by atoms with Gasteiger partial charge in [0, 0.05) is 29.4 Å². The summed E-state index contributed by atoms with van der Waals surface area (Å²) in [4.78, 5) is 6.29. The third-order valence-electron chi connectivity index (χ3n) is 8.01. The monoisotopic (exact) mass is 828 g/mol. The summed E-state index contributed by atoms with van der Waals surface area (Å²) in [5.74, 6) is 0.619. The van der Waals surface area contributed by atoms with E-state index in [9.17, 15) is 0 Å². The highest BCUT2D eigenvalue weighted by atomic mass is 32.1. The van der Waals surface area contributed by atoms with Crippen LogP contribution in [0.15, 0.2) is 151 Å². The van der Waals surface area contributed by atoms with Crippen LogP contribution in [-0.4, -0.2) is 0 Å². The molecule has 0 spiro atoms. The number of hydrogen-bond acceptors (Lipinski definition) is 6. The Bertz CT molecular complexity index is 1790. The molecule has 0 saturated carbocycles. The van der Waals surface area contributed by atoms with Crippen LogP contribution < -0.4 is 0 Å². The van der Waals surface area contributed by atoms with Crippen LogP contribution in [0.1, 0.15) is 75.4 Å². The van der Waals surface area contributed by atoms with Crippen LogP contribution in [0.2, 0.25) is 0 Å². The Morgan fingerprint density at radius 1 is 0.296 bits per heavy atom. The predicted octanol–water partition coefficient (Wildman–Crippen LogP) is 15.8. The molecular formula is C48H60S6. The lowest BCUT2D eigenvalue weighted by atomic mass is 10.0. The van der Waals surface area contributed by atoms with Gasteiger partial charge in [-0.3, -0.25) is 0 Å². The Morgan fingerprint density at radius 2 is 0.741 bits per heavy atom. The zero-order chi connectivity index (χ0) is 41.0. The van der Waals surface area contributed by atoms with Crippen LogP contribution >= 0.6 is 75.8 Å². The Hall–Kier alpha value is -2.58. The Kier molecular flexibility index (Phi) is 24.1. The molecule has 0 N–H and O–H groups in total. The fourth-order valence-electron chi connectivity index (χ4n) is 4.61. The van der Waals surface area contributed by atoms with Crippen molar-refractivity contribution in [2.24, 2.45) is 0 Å². The maximum atomic E-state index is 4.27. The van der Waals surface area contributed by atoms with Crippen LogP contribution in [0.25, 0.3) is 0 Å². The summed E-state index contributed by atoms with van der Waals surface area (Å²) in [5.41, 5.74) is 12.9. The zero-order valence-corrected chi connectivity index (χ0v) is 39.2. The van der Waals surface area contributed by atoms with Gasteiger partial charge in [-0.05, 0) is 168 Å². The Morgan fingerprint density at radius 3 is 1.13 bits per heavy atom. The molecule has 0 aromatic heterocycles. The molecule has 0 aliphatic heterocycles. The summed E-state index contributed by atoms with van der Waals surface area (Å²) in [6.07, 6.45) is 0. The van der Waals surface area contributed by atoms with E-state index in [0.717, 1.165) is 29.4 Å². The third kappa shape index (κ3) is 22.1. The van der Waals surface area contributed by atoms with Crippen molar-refractivity contribution in [3.05, 3.63) is 177 Å². The SMILES string of the molecule is CC(C)c1ccc(S)cc1.Cc1cc(C)cc(S)c1.Cc1ccc(C)c(S)c1.Cc1ccc(S)c(C)c1.Cc1ccc(S)cc1.Cc1ccc(S)cc1C. The van der Waals surface area contributed by atoms with E-state index >= 15 is 0 Å². The molecule has 0 radical (unpaired) electrons. The predicted molar refractivity (Wildman–Crippen MR) is 259 cm³/mol. The van der Waals surface area contributed by atoms with Gasteiger partial charge < -0.3 is 0 Å². The van der Waals surface area contributed by atoms with Gasteiger partial charge in [0.05, 0.1) is 0 Å². The number of thiol groups is 6. The van der Waals surface area contributed by atoms with Gasteiger partial charge in [-0.25, -0.2) is 0 Å². The smallest absolute Gasteiger partial charge is 0.00718 e. The van der Waals surface area contributed by atoms with Crippen molar-refractivity contribution in [3.63, 3.8) is 0 Å². The Labute approximate surface area is 361 Å². The number of rotatable bonds is 1. The van der Waals surface area contributed by atoms with Crippen LogP contribution in [0.4, 0.5) is 0 Å². The van der Waals surface area contributed by atoms with E-state index in [4.69, 9.17) is 0 Å². The molecule has 288 valence electrons. The molecule has 0 unspecified atom stereocenters. The number of hydrogen-bond donors (Lipinski definition) is 6. The van der Waals surface area contributed by atoms with Crippen molar-refractivity contribution < 1.29 is 0 Å². The van der Waals surface area contributed by atoms with Gasteiger partial charge in [-0.1, -0.05) is 91.2 Å². The summed E-state index contributed by atoms with van der Waals surface area (Å²) >= 11 is 25.3. The van der Waals surface area contributed by atoms with Crippen molar-refractivity contribution in [1.82, 2.24) is 0 Å². The second kappa shape index (κ2) is 26.3. The minimum Gasteiger partial charge on any atom is -0.143 e. The van der Waals surface area contributed by atoms with E-state index < -0.39 is 0 Å². The van der Waals surface area contributed by atoms with Gasteiger partial charge in [0.15, 0.2) is 0 Å². The first kappa shape index (κ1) is 49.4. The van der Waals surface area contributed by atoms with Crippen LogP contribution in [0.5, 0.6) is 0 Å². The van der Waals surface area contributed by atoms with Crippen molar-refractivity contribution in [2.45, 2.75) is 111 Å². The molecule has 0 nitrogen and oxygen atoms in total. The number of aryl methyl sites for hydroxylation is 9. The van der Waals surface area contributed by atoms with Gasteiger partial charge in [-0.2, -0.15) is 0 Å². The van der Waals surface area contributed by atoms with Gasteiger partial charge in [0.2, 0.25) is 0 Å². The van der Waals surface area contributed by atoms with Gasteiger partial charge >= 0.3 is 0 Å². The van der Waals surface area contributed by atoms with E-state index in [0.29, 0.717) is 5.92 Å². The summed E-state index contributed by atoms with van der Waals surface area (Å²) in [6, 6.07) is 41.2. The molecule has 6 heteroatoms. The third-order valence-corrected chi connectivity index (χ3v) is 10.1. The molecule has 0 atom stereocenters. The van der Waals surface area contributed by atoms with E-state index in [1.54, 1.807) is 0 Å². The maximum Gasteiger partial charge on any atom is 0.00718 e.